The number of hydrogen-bond acceptors (Lipinski definition) is 4. The Hall–Kier alpha value is -2.31. The number of aromatic nitrogens is 1. The van der Waals surface area contributed by atoms with E-state index >= 15 is 0 Å². The zero-order valence-corrected chi connectivity index (χ0v) is 17.4. The first-order valence-electron chi connectivity index (χ1n) is 10.7. The van der Waals surface area contributed by atoms with E-state index < -0.39 is 0 Å². The molecule has 0 bridgehead atoms. The Kier molecular flexibility index (Phi) is 9.59. The van der Waals surface area contributed by atoms with E-state index in [1.54, 1.807) is 0 Å². The number of primary amides is 1. The fourth-order valence-electron chi connectivity index (χ4n) is 3.48. The molecule has 7 heteroatoms. The normalized spacial score (nSPS) is 15.5. The van der Waals surface area contributed by atoms with Gasteiger partial charge in [0.2, 0.25) is 5.91 Å². The molecule has 0 atom stereocenters. The van der Waals surface area contributed by atoms with Crippen LogP contribution < -0.4 is 21.3 Å². The molecule has 0 aromatic carbocycles. The number of pyridine rings is 1. The van der Waals surface area contributed by atoms with Gasteiger partial charge in [-0.25, -0.2) is 9.98 Å². The Morgan fingerprint density at radius 2 is 2.04 bits per heavy atom. The van der Waals surface area contributed by atoms with E-state index in [0.717, 1.165) is 62.8 Å². The Balaban J connectivity index is 1.96. The first-order chi connectivity index (χ1) is 13.7. The van der Waals surface area contributed by atoms with Crippen molar-refractivity contribution in [2.24, 2.45) is 16.6 Å². The molecule has 1 amide bonds. The van der Waals surface area contributed by atoms with Crippen molar-refractivity contribution < 1.29 is 4.79 Å². The molecule has 0 radical (unpaired) electrons. The minimum Gasteiger partial charge on any atom is -0.369 e. The largest absolute Gasteiger partial charge is 0.369 e. The van der Waals surface area contributed by atoms with Crippen molar-refractivity contribution in [1.29, 1.82) is 0 Å². The fraction of sp³-hybridized carbons (Fsp3) is 0.667. The van der Waals surface area contributed by atoms with Gasteiger partial charge < -0.3 is 21.3 Å². The molecule has 0 saturated carbocycles. The number of carbonyl (C=O) groups is 1. The van der Waals surface area contributed by atoms with Gasteiger partial charge in [-0.1, -0.05) is 32.3 Å². The highest BCUT2D eigenvalue weighted by Crippen LogP contribution is 2.24. The van der Waals surface area contributed by atoms with Crippen LogP contribution in [0.3, 0.4) is 0 Å². The van der Waals surface area contributed by atoms with Crippen LogP contribution in [-0.2, 0) is 11.3 Å². The van der Waals surface area contributed by atoms with Gasteiger partial charge in [0.25, 0.3) is 0 Å². The maximum atomic E-state index is 11.4. The number of nitrogens with one attached hydrogen (secondary N) is 2. The SMILES string of the molecule is CCCCCCNC(=NCc1cccnc1N1CCC(C(N)=O)CC1)NCC. The molecule has 1 saturated heterocycles. The highest BCUT2D eigenvalue weighted by molar-refractivity contribution is 5.79. The minimum absolute atomic E-state index is 0.0151. The number of rotatable bonds is 10. The van der Waals surface area contributed by atoms with E-state index in [9.17, 15) is 4.79 Å². The zero-order valence-electron chi connectivity index (χ0n) is 17.4. The third-order valence-corrected chi connectivity index (χ3v) is 5.14. The summed E-state index contributed by atoms with van der Waals surface area (Å²) in [4.78, 5) is 23.0. The molecule has 2 rings (SSSR count). The molecule has 2 heterocycles. The van der Waals surface area contributed by atoms with Gasteiger partial charge in [-0.2, -0.15) is 0 Å². The molecule has 1 fully saturated rings. The molecule has 0 aliphatic carbocycles. The average molecular weight is 389 g/mol. The summed E-state index contributed by atoms with van der Waals surface area (Å²) in [5, 5.41) is 6.74. The van der Waals surface area contributed by atoms with Crippen LogP contribution in [0.2, 0.25) is 0 Å². The lowest BCUT2D eigenvalue weighted by Crippen LogP contribution is -2.39. The first kappa shape index (κ1) is 22.0. The second-order valence-corrected chi connectivity index (χ2v) is 7.33. The summed E-state index contributed by atoms with van der Waals surface area (Å²) in [6, 6.07) is 4.03. The van der Waals surface area contributed by atoms with Crippen molar-refractivity contribution in [3.63, 3.8) is 0 Å². The molecule has 28 heavy (non-hydrogen) atoms. The highest BCUT2D eigenvalue weighted by Gasteiger charge is 2.24. The summed E-state index contributed by atoms with van der Waals surface area (Å²) in [5.41, 5.74) is 6.55. The molecule has 4 N–H and O–H groups in total. The third-order valence-electron chi connectivity index (χ3n) is 5.14. The Morgan fingerprint density at radius 3 is 2.71 bits per heavy atom. The number of aliphatic imine (C=N–C) groups is 1. The van der Waals surface area contributed by atoms with Gasteiger partial charge in [-0.05, 0) is 32.3 Å². The van der Waals surface area contributed by atoms with Crippen LogP contribution in [0.1, 0.15) is 57.9 Å². The van der Waals surface area contributed by atoms with Crippen LogP contribution in [0.4, 0.5) is 5.82 Å². The maximum Gasteiger partial charge on any atom is 0.220 e. The topological polar surface area (TPSA) is 95.6 Å². The third kappa shape index (κ3) is 7.02. The maximum absolute atomic E-state index is 11.4. The van der Waals surface area contributed by atoms with Crippen molar-refractivity contribution in [3.05, 3.63) is 23.9 Å². The second kappa shape index (κ2) is 12.2. The van der Waals surface area contributed by atoms with Gasteiger partial charge in [-0.15, -0.1) is 0 Å². The lowest BCUT2D eigenvalue weighted by Gasteiger charge is -2.32. The predicted octanol–water partition coefficient (Wildman–Crippen LogP) is 2.42. The van der Waals surface area contributed by atoms with Gasteiger partial charge in [0.1, 0.15) is 5.82 Å². The molecule has 1 aliphatic heterocycles. The summed E-state index contributed by atoms with van der Waals surface area (Å²) < 4.78 is 0. The molecule has 156 valence electrons. The number of nitrogens with two attached hydrogens (primary N) is 1. The van der Waals surface area contributed by atoms with Gasteiger partial charge in [-0.3, -0.25) is 4.79 Å². The molecule has 1 aliphatic rings. The van der Waals surface area contributed by atoms with Crippen LogP contribution >= 0.6 is 0 Å². The van der Waals surface area contributed by atoms with Crippen molar-refractivity contribution >= 4 is 17.7 Å². The van der Waals surface area contributed by atoms with Crippen LogP contribution in [0.5, 0.6) is 0 Å². The number of piperidine rings is 1. The minimum atomic E-state index is -0.189. The van der Waals surface area contributed by atoms with E-state index in [2.05, 4.69) is 40.4 Å². The number of nitrogens with zero attached hydrogens (tertiary/aromatic N) is 3. The number of carbonyl (C=O) groups excluding carboxylic acids is 1. The standard InChI is InChI=1S/C21H36N6O/c1-3-5-6-7-12-25-21(23-4-2)26-16-18-9-8-13-24-20(18)27-14-10-17(11-15-27)19(22)28/h8-9,13,17H,3-7,10-12,14-16H2,1-2H3,(H2,22,28)(H2,23,25,26). The van der Waals surface area contributed by atoms with Crippen molar-refractivity contribution in [1.82, 2.24) is 15.6 Å². The summed E-state index contributed by atoms with van der Waals surface area (Å²) in [6.45, 7) is 8.25. The first-order valence-corrected chi connectivity index (χ1v) is 10.7. The molecule has 1 aromatic heterocycles. The van der Waals surface area contributed by atoms with Crippen molar-refractivity contribution in [2.45, 2.75) is 58.9 Å². The predicted molar refractivity (Wildman–Crippen MR) is 115 cm³/mol. The quantitative estimate of drug-likeness (QED) is 0.325. The van der Waals surface area contributed by atoms with Crippen LogP contribution in [0, 0.1) is 5.92 Å². The molecule has 7 nitrogen and oxygen atoms in total. The number of anilines is 1. The summed E-state index contributed by atoms with van der Waals surface area (Å²) in [7, 11) is 0. The Labute approximate surface area is 169 Å². The fourth-order valence-corrected chi connectivity index (χ4v) is 3.48. The van der Waals surface area contributed by atoms with E-state index in [1.165, 1.54) is 19.3 Å². The van der Waals surface area contributed by atoms with E-state index in [1.807, 2.05) is 12.3 Å². The van der Waals surface area contributed by atoms with E-state index in [-0.39, 0.29) is 11.8 Å². The van der Waals surface area contributed by atoms with Crippen LogP contribution in [-0.4, -0.2) is 43.0 Å². The van der Waals surface area contributed by atoms with E-state index in [4.69, 9.17) is 10.7 Å². The lowest BCUT2D eigenvalue weighted by atomic mass is 9.96. The number of hydrogen-bond donors (Lipinski definition) is 3. The summed E-state index contributed by atoms with van der Waals surface area (Å²) in [6.07, 6.45) is 8.32. The summed E-state index contributed by atoms with van der Waals surface area (Å²) in [5.74, 6) is 1.61. The molecule has 1 aromatic rings. The average Bonchev–Trinajstić information content (AvgIpc) is 2.72. The number of amides is 1. The van der Waals surface area contributed by atoms with Crippen molar-refractivity contribution in [3.8, 4) is 0 Å². The Bertz CT molecular complexity index is 625. The van der Waals surface area contributed by atoms with Crippen LogP contribution in [0.15, 0.2) is 23.3 Å². The Morgan fingerprint density at radius 1 is 1.25 bits per heavy atom. The molecular weight excluding hydrogens is 352 g/mol. The van der Waals surface area contributed by atoms with Crippen molar-refractivity contribution in [2.75, 3.05) is 31.1 Å². The van der Waals surface area contributed by atoms with Gasteiger partial charge in [0, 0.05) is 43.9 Å². The number of guanidine groups is 1. The molecular formula is C21H36N6O. The summed E-state index contributed by atoms with van der Waals surface area (Å²) >= 11 is 0. The van der Waals surface area contributed by atoms with E-state index in [0.29, 0.717) is 6.54 Å². The van der Waals surface area contributed by atoms with Gasteiger partial charge in [0.05, 0.1) is 6.54 Å². The lowest BCUT2D eigenvalue weighted by molar-refractivity contribution is -0.122. The highest BCUT2D eigenvalue weighted by atomic mass is 16.1. The monoisotopic (exact) mass is 388 g/mol. The van der Waals surface area contributed by atoms with Gasteiger partial charge in [0.15, 0.2) is 5.96 Å². The van der Waals surface area contributed by atoms with Gasteiger partial charge >= 0.3 is 0 Å². The second-order valence-electron chi connectivity index (χ2n) is 7.33. The smallest absolute Gasteiger partial charge is 0.220 e. The zero-order chi connectivity index (χ0) is 20.2. The van der Waals surface area contributed by atoms with Crippen LogP contribution in [0.25, 0.3) is 0 Å². The molecule has 0 spiro atoms. The molecule has 0 unspecified atom stereocenters. The number of unbranched alkanes of at least 4 members (excludes halogenated alkanes) is 3.